The number of hydrazine groups is 1. The number of hydrogen-bond acceptors (Lipinski definition) is 5. The molecule has 0 radical (unpaired) electrons. The number of aryl methyl sites for hydroxylation is 3. The standard InChI is InChI=1S/C18H17FN4O3S/c1-10-11(2)27-17-15(10)18(26)23(9-20-17)8-7-14(24)21-22-16(25)12-3-5-13(19)6-4-12/h3-6,9H,7-8H2,1-2H3,(H,21,24)(H,22,25). The lowest BCUT2D eigenvalue weighted by Crippen LogP contribution is -2.42. The first-order chi connectivity index (χ1) is 12.9. The summed E-state index contributed by atoms with van der Waals surface area (Å²) >= 11 is 1.46. The van der Waals surface area contributed by atoms with Crippen molar-refractivity contribution in [1.82, 2.24) is 20.4 Å². The molecule has 0 fully saturated rings. The molecule has 0 saturated carbocycles. The number of hydrogen-bond donors (Lipinski definition) is 2. The predicted octanol–water partition coefficient (Wildman–Crippen LogP) is 2.07. The molecule has 3 rings (SSSR count). The predicted molar refractivity (Wildman–Crippen MR) is 100.0 cm³/mol. The zero-order valence-corrected chi connectivity index (χ0v) is 15.5. The van der Waals surface area contributed by atoms with Crippen LogP contribution in [0, 0.1) is 19.7 Å². The quantitative estimate of drug-likeness (QED) is 0.669. The van der Waals surface area contributed by atoms with Crippen molar-refractivity contribution in [3.8, 4) is 0 Å². The molecule has 0 saturated heterocycles. The van der Waals surface area contributed by atoms with Crippen molar-refractivity contribution < 1.29 is 14.0 Å². The number of aromatic nitrogens is 2. The Morgan fingerprint density at radius 2 is 1.89 bits per heavy atom. The van der Waals surface area contributed by atoms with Gasteiger partial charge in [0, 0.05) is 23.4 Å². The van der Waals surface area contributed by atoms with Crippen molar-refractivity contribution in [3.05, 3.63) is 62.8 Å². The van der Waals surface area contributed by atoms with E-state index in [2.05, 4.69) is 15.8 Å². The molecule has 2 heterocycles. The van der Waals surface area contributed by atoms with Crippen LogP contribution in [0.3, 0.4) is 0 Å². The summed E-state index contributed by atoms with van der Waals surface area (Å²) < 4.78 is 14.2. The smallest absolute Gasteiger partial charge is 0.269 e. The Labute approximate surface area is 157 Å². The second kappa shape index (κ2) is 7.67. The third-order valence-electron chi connectivity index (χ3n) is 4.16. The molecule has 27 heavy (non-hydrogen) atoms. The van der Waals surface area contributed by atoms with Crippen LogP contribution < -0.4 is 16.4 Å². The highest BCUT2D eigenvalue weighted by Crippen LogP contribution is 2.25. The highest BCUT2D eigenvalue weighted by atomic mass is 32.1. The van der Waals surface area contributed by atoms with Crippen molar-refractivity contribution in [2.24, 2.45) is 0 Å². The first-order valence-electron chi connectivity index (χ1n) is 8.16. The monoisotopic (exact) mass is 388 g/mol. The Hall–Kier alpha value is -3.07. The average Bonchev–Trinajstić information content (AvgIpc) is 2.94. The maximum absolute atomic E-state index is 12.8. The Morgan fingerprint density at radius 1 is 1.19 bits per heavy atom. The van der Waals surface area contributed by atoms with E-state index in [1.165, 1.54) is 34.4 Å². The summed E-state index contributed by atoms with van der Waals surface area (Å²) in [6.07, 6.45) is 1.41. The number of amides is 2. The summed E-state index contributed by atoms with van der Waals surface area (Å²) in [5, 5.41) is 0.574. The largest absolute Gasteiger partial charge is 0.298 e. The van der Waals surface area contributed by atoms with Crippen LogP contribution in [0.2, 0.25) is 0 Å². The van der Waals surface area contributed by atoms with E-state index in [0.29, 0.717) is 10.2 Å². The highest BCUT2D eigenvalue weighted by Gasteiger charge is 2.13. The molecule has 0 spiro atoms. The maximum Gasteiger partial charge on any atom is 0.269 e. The molecule has 2 amide bonds. The Balaban J connectivity index is 1.59. The van der Waals surface area contributed by atoms with Gasteiger partial charge < -0.3 is 0 Å². The second-order valence-electron chi connectivity index (χ2n) is 5.97. The van der Waals surface area contributed by atoms with E-state index in [9.17, 15) is 18.8 Å². The Morgan fingerprint density at radius 3 is 2.59 bits per heavy atom. The topological polar surface area (TPSA) is 93.1 Å². The van der Waals surface area contributed by atoms with Gasteiger partial charge in [0.05, 0.1) is 11.7 Å². The van der Waals surface area contributed by atoms with Gasteiger partial charge in [-0.3, -0.25) is 29.8 Å². The fourth-order valence-electron chi connectivity index (χ4n) is 2.51. The van der Waals surface area contributed by atoms with Gasteiger partial charge in [-0.25, -0.2) is 9.37 Å². The minimum atomic E-state index is -0.562. The van der Waals surface area contributed by atoms with Gasteiger partial charge in [-0.1, -0.05) is 0 Å². The van der Waals surface area contributed by atoms with Crippen molar-refractivity contribution in [2.45, 2.75) is 26.8 Å². The zero-order valence-electron chi connectivity index (χ0n) is 14.7. The number of rotatable bonds is 4. The number of carbonyl (C=O) groups is 2. The van der Waals surface area contributed by atoms with E-state index in [1.54, 1.807) is 0 Å². The van der Waals surface area contributed by atoms with Gasteiger partial charge >= 0.3 is 0 Å². The Kier molecular flexibility index (Phi) is 5.31. The molecule has 0 unspecified atom stereocenters. The minimum absolute atomic E-state index is 0.0149. The molecule has 9 heteroatoms. The van der Waals surface area contributed by atoms with E-state index < -0.39 is 17.6 Å². The zero-order chi connectivity index (χ0) is 19.6. The number of benzene rings is 1. The van der Waals surface area contributed by atoms with Crippen LogP contribution in [0.15, 0.2) is 35.4 Å². The summed E-state index contributed by atoms with van der Waals surface area (Å²) in [5.41, 5.74) is 5.45. The molecule has 0 aliphatic rings. The van der Waals surface area contributed by atoms with Crippen LogP contribution >= 0.6 is 11.3 Å². The first kappa shape index (κ1) is 18.7. The summed E-state index contributed by atoms with van der Waals surface area (Å²) in [6, 6.07) is 4.92. The SMILES string of the molecule is Cc1sc2ncn(CCC(=O)NNC(=O)c3ccc(F)cc3)c(=O)c2c1C. The molecular weight excluding hydrogens is 371 g/mol. The van der Waals surface area contributed by atoms with Gasteiger partial charge in [-0.05, 0) is 43.7 Å². The van der Waals surface area contributed by atoms with E-state index in [4.69, 9.17) is 0 Å². The van der Waals surface area contributed by atoms with Crippen molar-refractivity contribution in [1.29, 1.82) is 0 Å². The van der Waals surface area contributed by atoms with E-state index in [-0.39, 0.29) is 24.1 Å². The molecule has 1 aromatic carbocycles. The van der Waals surface area contributed by atoms with Gasteiger partial charge in [0.25, 0.3) is 11.5 Å². The average molecular weight is 388 g/mol. The van der Waals surface area contributed by atoms with Crippen LogP contribution in [0.4, 0.5) is 4.39 Å². The molecule has 140 valence electrons. The summed E-state index contributed by atoms with van der Waals surface area (Å²) in [7, 11) is 0. The summed E-state index contributed by atoms with van der Waals surface area (Å²) in [6.45, 7) is 3.94. The molecule has 7 nitrogen and oxygen atoms in total. The molecular formula is C18H17FN4O3S. The number of fused-ring (bicyclic) bond motifs is 1. The molecule has 0 atom stereocenters. The summed E-state index contributed by atoms with van der Waals surface area (Å²) in [4.78, 5) is 42.3. The lowest BCUT2D eigenvalue weighted by atomic mass is 10.2. The van der Waals surface area contributed by atoms with Crippen LogP contribution in [0.1, 0.15) is 27.2 Å². The molecule has 0 bridgehead atoms. The van der Waals surface area contributed by atoms with Crippen molar-refractivity contribution >= 4 is 33.4 Å². The van der Waals surface area contributed by atoms with Crippen LogP contribution in [-0.2, 0) is 11.3 Å². The molecule has 3 aromatic rings. The minimum Gasteiger partial charge on any atom is -0.298 e. The maximum atomic E-state index is 12.8. The van der Waals surface area contributed by atoms with Crippen molar-refractivity contribution in [2.75, 3.05) is 0 Å². The highest BCUT2D eigenvalue weighted by molar-refractivity contribution is 7.18. The number of thiophene rings is 1. The Bertz CT molecular complexity index is 1070. The molecule has 0 aliphatic heterocycles. The van der Waals surface area contributed by atoms with E-state index in [0.717, 1.165) is 22.6 Å². The third kappa shape index (κ3) is 4.03. The van der Waals surface area contributed by atoms with Gasteiger partial charge in [0.1, 0.15) is 10.6 Å². The fraction of sp³-hybridized carbons (Fsp3) is 0.222. The summed E-state index contributed by atoms with van der Waals surface area (Å²) in [5.74, 6) is -1.48. The first-order valence-corrected chi connectivity index (χ1v) is 8.98. The third-order valence-corrected chi connectivity index (χ3v) is 5.27. The molecule has 2 aromatic heterocycles. The lowest BCUT2D eigenvalue weighted by molar-refractivity contribution is -0.122. The van der Waals surface area contributed by atoms with Gasteiger partial charge in [-0.2, -0.15) is 0 Å². The number of nitrogens with one attached hydrogen (secondary N) is 2. The van der Waals surface area contributed by atoms with Crippen molar-refractivity contribution in [3.63, 3.8) is 0 Å². The van der Waals surface area contributed by atoms with E-state index >= 15 is 0 Å². The molecule has 2 N–H and O–H groups in total. The van der Waals surface area contributed by atoms with Crippen LogP contribution in [0.5, 0.6) is 0 Å². The number of halogens is 1. The van der Waals surface area contributed by atoms with Crippen LogP contribution in [-0.4, -0.2) is 21.4 Å². The van der Waals surface area contributed by atoms with Gasteiger partial charge in [0.15, 0.2) is 0 Å². The van der Waals surface area contributed by atoms with Crippen LogP contribution in [0.25, 0.3) is 10.2 Å². The van der Waals surface area contributed by atoms with Gasteiger partial charge in [-0.15, -0.1) is 11.3 Å². The lowest BCUT2D eigenvalue weighted by Gasteiger charge is -2.08. The van der Waals surface area contributed by atoms with Gasteiger partial charge in [0.2, 0.25) is 5.91 Å². The number of carbonyl (C=O) groups excluding carboxylic acids is 2. The normalized spacial score (nSPS) is 10.8. The van der Waals surface area contributed by atoms with E-state index in [1.807, 2.05) is 13.8 Å². The fourth-order valence-corrected chi connectivity index (χ4v) is 3.50. The number of nitrogens with zero attached hydrogens (tertiary/aromatic N) is 2. The second-order valence-corrected chi connectivity index (χ2v) is 7.17. The molecule has 0 aliphatic carbocycles.